The fraction of sp³-hybridized carbons (Fsp3) is 0.290. The van der Waals surface area contributed by atoms with E-state index in [9.17, 15) is 24.3 Å². The molecule has 214 valence electrons. The lowest BCUT2D eigenvalue weighted by Gasteiger charge is -2.27. The molecule has 0 aromatic heterocycles. The predicted octanol–water partition coefficient (Wildman–Crippen LogP) is 0.852. The molecule has 4 rings (SSSR count). The standard InChI is InChI=1S/C31H35N5O5/c1-19(34-30(40)26-17-23-16-24(37)13-12-22(23)18-33-26)29(39)36-27(15-21-10-6-3-7-11-21)31(41)35-25(28(32)38)14-20-8-4-2-5-9-20/h2-13,16,19,25-27,33,37H,14-15,17-18H2,1H3,(H2,32,38)(H,34,40)(H,35,41)(H,36,39)/t19-,25+,26+,27+/m1/s1. The van der Waals surface area contributed by atoms with Gasteiger partial charge in [0.25, 0.3) is 0 Å². The molecular weight excluding hydrogens is 522 g/mol. The van der Waals surface area contributed by atoms with E-state index in [0.29, 0.717) is 13.0 Å². The highest BCUT2D eigenvalue weighted by atomic mass is 16.3. The average Bonchev–Trinajstić information content (AvgIpc) is 2.96. The van der Waals surface area contributed by atoms with Crippen molar-refractivity contribution in [2.75, 3.05) is 0 Å². The summed E-state index contributed by atoms with van der Waals surface area (Å²) in [6.07, 6.45) is 0.731. The van der Waals surface area contributed by atoms with Gasteiger partial charge in [0.05, 0.1) is 6.04 Å². The van der Waals surface area contributed by atoms with Crippen molar-refractivity contribution in [2.24, 2.45) is 5.73 Å². The summed E-state index contributed by atoms with van der Waals surface area (Å²) < 4.78 is 0. The van der Waals surface area contributed by atoms with Gasteiger partial charge in [-0.2, -0.15) is 0 Å². The Hall–Kier alpha value is -4.70. The van der Waals surface area contributed by atoms with E-state index in [4.69, 9.17) is 5.73 Å². The van der Waals surface area contributed by atoms with Gasteiger partial charge in [0.2, 0.25) is 23.6 Å². The van der Waals surface area contributed by atoms with Crippen LogP contribution in [-0.2, 0) is 45.0 Å². The molecule has 1 aliphatic rings. The number of phenolic OH excluding ortho intramolecular Hbond substituents is 1. The Morgan fingerprint density at radius 3 is 2.02 bits per heavy atom. The number of rotatable bonds is 11. The van der Waals surface area contributed by atoms with Gasteiger partial charge in [0, 0.05) is 19.4 Å². The summed E-state index contributed by atoms with van der Waals surface area (Å²) >= 11 is 0. The number of primary amides is 1. The van der Waals surface area contributed by atoms with Gasteiger partial charge in [-0.3, -0.25) is 19.2 Å². The van der Waals surface area contributed by atoms with Crippen molar-refractivity contribution in [1.29, 1.82) is 0 Å². The van der Waals surface area contributed by atoms with Crippen LogP contribution < -0.4 is 27.0 Å². The molecule has 0 saturated heterocycles. The van der Waals surface area contributed by atoms with Crippen LogP contribution >= 0.6 is 0 Å². The number of carbonyl (C=O) groups excluding carboxylic acids is 4. The van der Waals surface area contributed by atoms with E-state index in [1.807, 2.05) is 66.7 Å². The van der Waals surface area contributed by atoms with Crippen molar-refractivity contribution < 1.29 is 24.3 Å². The van der Waals surface area contributed by atoms with Crippen molar-refractivity contribution in [3.8, 4) is 5.75 Å². The van der Waals surface area contributed by atoms with Crippen molar-refractivity contribution >= 4 is 23.6 Å². The van der Waals surface area contributed by atoms with Gasteiger partial charge in [-0.05, 0) is 47.7 Å². The van der Waals surface area contributed by atoms with Crippen LogP contribution in [0.15, 0.2) is 78.9 Å². The Morgan fingerprint density at radius 1 is 0.829 bits per heavy atom. The lowest BCUT2D eigenvalue weighted by atomic mass is 9.95. The fourth-order valence-corrected chi connectivity index (χ4v) is 4.77. The highest BCUT2D eigenvalue weighted by Gasteiger charge is 2.30. The number of amides is 4. The Morgan fingerprint density at radius 2 is 1.41 bits per heavy atom. The molecule has 3 aromatic rings. The van der Waals surface area contributed by atoms with Gasteiger partial charge in [-0.15, -0.1) is 0 Å². The monoisotopic (exact) mass is 557 g/mol. The Bertz CT molecular complexity index is 1380. The molecule has 0 radical (unpaired) electrons. The van der Waals surface area contributed by atoms with Crippen LogP contribution in [0.3, 0.4) is 0 Å². The molecule has 4 amide bonds. The first-order valence-corrected chi connectivity index (χ1v) is 13.5. The minimum Gasteiger partial charge on any atom is -0.508 e. The molecule has 0 bridgehead atoms. The van der Waals surface area contributed by atoms with E-state index in [-0.39, 0.29) is 24.5 Å². The first-order valence-electron chi connectivity index (χ1n) is 13.5. The molecule has 0 fully saturated rings. The minimum atomic E-state index is -1.02. The summed E-state index contributed by atoms with van der Waals surface area (Å²) in [5.41, 5.74) is 9.07. The van der Waals surface area contributed by atoms with E-state index in [1.54, 1.807) is 12.1 Å². The zero-order chi connectivity index (χ0) is 29.4. The maximum Gasteiger partial charge on any atom is 0.243 e. The van der Waals surface area contributed by atoms with Crippen molar-refractivity contribution in [3.63, 3.8) is 0 Å². The van der Waals surface area contributed by atoms with Gasteiger partial charge in [0.1, 0.15) is 23.9 Å². The highest BCUT2D eigenvalue weighted by molar-refractivity contribution is 5.94. The van der Waals surface area contributed by atoms with Gasteiger partial charge in [0.15, 0.2) is 0 Å². The summed E-state index contributed by atoms with van der Waals surface area (Å²) in [7, 11) is 0. The van der Waals surface area contributed by atoms with Crippen LogP contribution in [0.2, 0.25) is 0 Å². The predicted molar refractivity (Wildman–Crippen MR) is 153 cm³/mol. The second-order valence-electron chi connectivity index (χ2n) is 10.2. The van der Waals surface area contributed by atoms with Crippen LogP contribution in [0.5, 0.6) is 5.75 Å². The van der Waals surface area contributed by atoms with Gasteiger partial charge in [-0.1, -0.05) is 66.7 Å². The summed E-state index contributed by atoms with van der Waals surface area (Å²) in [6.45, 7) is 1.99. The van der Waals surface area contributed by atoms with Gasteiger partial charge >= 0.3 is 0 Å². The Balaban J connectivity index is 1.41. The third kappa shape index (κ3) is 8.15. The normalized spacial score (nSPS) is 16.4. The number of aromatic hydroxyl groups is 1. The molecule has 7 N–H and O–H groups in total. The summed E-state index contributed by atoms with van der Waals surface area (Å²) in [6, 6.07) is 19.8. The third-order valence-corrected chi connectivity index (χ3v) is 7.08. The Kier molecular flexibility index (Phi) is 9.70. The van der Waals surface area contributed by atoms with Crippen molar-refractivity contribution in [3.05, 3.63) is 101 Å². The molecule has 4 atom stereocenters. The third-order valence-electron chi connectivity index (χ3n) is 7.08. The summed E-state index contributed by atoms with van der Waals surface area (Å²) in [4.78, 5) is 51.7. The van der Waals surface area contributed by atoms with E-state index in [0.717, 1.165) is 22.3 Å². The quantitative estimate of drug-likeness (QED) is 0.205. The molecule has 0 saturated carbocycles. The molecule has 3 aromatic carbocycles. The van der Waals surface area contributed by atoms with Gasteiger partial charge < -0.3 is 32.1 Å². The molecule has 1 heterocycles. The second-order valence-corrected chi connectivity index (χ2v) is 10.2. The molecular formula is C31H35N5O5. The second kappa shape index (κ2) is 13.6. The largest absolute Gasteiger partial charge is 0.508 e. The van der Waals surface area contributed by atoms with Crippen molar-refractivity contribution in [1.82, 2.24) is 21.3 Å². The maximum absolute atomic E-state index is 13.4. The molecule has 41 heavy (non-hydrogen) atoms. The van der Waals surface area contributed by atoms with Crippen molar-refractivity contribution in [2.45, 2.75) is 56.9 Å². The lowest BCUT2D eigenvalue weighted by molar-refractivity contribution is -0.133. The lowest BCUT2D eigenvalue weighted by Crippen LogP contribution is -2.58. The van der Waals surface area contributed by atoms with E-state index in [1.165, 1.54) is 6.92 Å². The Labute approximate surface area is 238 Å². The smallest absolute Gasteiger partial charge is 0.243 e. The summed E-state index contributed by atoms with van der Waals surface area (Å²) in [5, 5.41) is 21.1. The number of phenols is 1. The molecule has 0 spiro atoms. The molecule has 0 aliphatic carbocycles. The zero-order valence-electron chi connectivity index (χ0n) is 22.8. The number of fused-ring (bicyclic) bond motifs is 1. The van der Waals surface area contributed by atoms with Gasteiger partial charge in [-0.25, -0.2) is 0 Å². The maximum atomic E-state index is 13.4. The zero-order valence-corrected chi connectivity index (χ0v) is 22.8. The van der Waals surface area contributed by atoms with Crippen LogP contribution in [0, 0.1) is 0 Å². The molecule has 0 unspecified atom stereocenters. The number of nitrogens with two attached hydrogens (primary N) is 1. The van der Waals surface area contributed by atoms with E-state index in [2.05, 4.69) is 21.3 Å². The fourth-order valence-electron chi connectivity index (χ4n) is 4.77. The molecule has 10 nitrogen and oxygen atoms in total. The molecule has 1 aliphatic heterocycles. The number of hydrogen-bond acceptors (Lipinski definition) is 6. The number of benzene rings is 3. The topological polar surface area (TPSA) is 163 Å². The number of nitrogens with one attached hydrogen (secondary N) is 4. The van der Waals surface area contributed by atoms with E-state index >= 15 is 0 Å². The highest BCUT2D eigenvalue weighted by Crippen LogP contribution is 2.21. The summed E-state index contributed by atoms with van der Waals surface area (Å²) in [5.74, 6) is -2.06. The molecule has 10 heteroatoms. The first-order chi connectivity index (χ1) is 19.7. The van der Waals surface area contributed by atoms with E-state index < -0.39 is 41.9 Å². The van der Waals surface area contributed by atoms with Crippen LogP contribution in [0.1, 0.15) is 29.2 Å². The average molecular weight is 558 g/mol. The SMILES string of the molecule is C[C@@H](NC(=O)[C@@H]1Cc2cc(O)ccc2CN1)C(=O)N[C@@H](Cc1ccccc1)C(=O)N[C@@H](Cc1ccccc1)C(N)=O. The first kappa shape index (κ1) is 29.3. The van der Waals surface area contributed by atoms with Crippen LogP contribution in [0.4, 0.5) is 0 Å². The number of hydrogen-bond donors (Lipinski definition) is 6. The number of carbonyl (C=O) groups is 4. The minimum absolute atomic E-state index is 0.127. The van der Waals surface area contributed by atoms with Crippen LogP contribution in [0.25, 0.3) is 0 Å². The van der Waals surface area contributed by atoms with Crippen LogP contribution in [-0.4, -0.2) is 52.9 Å².